The van der Waals surface area contributed by atoms with Crippen molar-refractivity contribution < 1.29 is 14.6 Å². The quantitative estimate of drug-likeness (QED) is 0.896. The van der Waals surface area contributed by atoms with E-state index in [-0.39, 0.29) is 6.04 Å². The highest BCUT2D eigenvalue weighted by Crippen LogP contribution is 2.31. The number of ether oxygens (including phenoxy) is 1. The monoisotopic (exact) mass is 275 g/mol. The normalized spacial score (nSPS) is 11.2. The Balaban J connectivity index is 2.67. The molecule has 0 fully saturated rings. The van der Waals surface area contributed by atoms with Gasteiger partial charge >= 0.3 is 5.97 Å². The number of aromatic nitrogens is 1. The van der Waals surface area contributed by atoms with Gasteiger partial charge in [-0.3, -0.25) is 0 Å². The van der Waals surface area contributed by atoms with Crippen molar-refractivity contribution in [1.29, 1.82) is 0 Å². The zero-order valence-corrected chi connectivity index (χ0v) is 12.4. The van der Waals surface area contributed by atoms with E-state index in [9.17, 15) is 9.90 Å². The standard InChI is InChI=1S/C16H21NO3/c1-5-8-20-12-6-7-14-13(9-12)15(16(18)19)11(4)17(14)10(2)3/h6-7,9-10H,5,8H2,1-4H3,(H,18,19). The van der Waals surface area contributed by atoms with Gasteiger partial charge in [0.1, 0.15) is 5.75 Å². The minimum atomic E-state index is -0.889. The average Bonchev–Trinajstić information content (AvgIpc) is 2.67. The minimum Gasteiger partial charge on any atom is -0.494 e. The number of carbonyl (C=O) groups is 1. The van der Waals surface area contributed by atoms with Crippen LogP contribution in [0.3, 0.4) is 0 Å². The molecule has 1 N–H and O–H groups in total. The Morgan fingerprint density at radius 2 is 2.10 bits per heavy atom. The number of hydrogen-bond acceptors (Lipinski definition) is 2. The third kappa shape index (κ3) is 2.38. The molecule has 1 aromatic heterocycles. The molecule has 0 radical (unpaired) electrons. The molecule has 0 bridgehead atoms. The summed E-state index contributed by atoms with van der Waals surface area (Å²) in [6, 6.07) is 5.90. The molecule has 2 rings (SSSR count). The van der Waals surface area contributed by atoms with Crippen LogP contribution in [0.1, 0.15) is 49.3 Å². The van der Waals surface area contributed by atoms with E-state index in [4.69, 9.17) is 4.74 Å². The first kappa shape index (κ1) is 14.4. The van der Waals surface area contributed by atoms with Crippen LogP contribution < -0.4 is 4.74 Å². The van der Waals surface area contributed by atoms with Crippen LogP contribution in [-0.4, -0.2) is 22.2 Å². The van der Waals surface area contributed by atoms with Crippen LogP contribution in [0.25, 0.3) is 10.9 Å². The summed E-state index contributed by atoms with van der Waals surface area (Å²) < 4.78 is 7.66. The van der Waals surface area contributed by atoms with Gasteiger partial charge < -0.3 is 14.4 Å². The van der Waals surface area contributed by atoms with E-state index in [0.29, 0.717) is 12.2 Å². The van der Waals surface area contributed by atoms with Crippen molar-refractivity contribution >= 4 is 16.9 Å². The molecule has 0 saturated heterocycles. The molecule has 0 saturated carbocycles. The van der Waals surface area contributed by atoms with Gasteiger partial charge in [-0.2, -0.15) is 0 Å². The lowest BCUT2D eigenvalue weighted by Crippen LogP contribution is -2.05. The number of fused-ring (bicyclic) bond motifs is 1. The number of carboxylic acid groups (broad SMARTS) is 1. The zero-order valence-electron chi connectivity index (χ0n) is 12.4. The fraction of sp³-hybridized carbons (Fsp3) is 0.438. The Kier molecular flexibility index (Phi) is 4.02. The smallest absolute Gasteiger partial charge is 0.338 e. The van der Waals surface area contributed by atoms with Crippen molar-refractivity contribution in [3.8, 4) is 5.75 Å². The molecule has 0 aliphatic heterocycles. The Hall–Kier alpha value is -1.97. The minimum absolute atomic E-state index is 0.216. The van der Waals surface area contributed by atoms with Gasteiger partial charge in [-0.15, -0.1) is 0 Å². The van der Waals surface area contributed by atoms with E-state index in [1.165, 1.54) is 0 Å². The van der Waals surface area contributed by atoms with E-state index in [2.05, 4.69) is 18.4 Å². The number of rotatable bonds is 5. The van der Waals surface area contributed by atoms with E-state index in [1.54, 1.807) is 0 Å². The number of carboxylic acids is 1. The molecule has 2 aromatic rings. The molecule has 0 unspecified atom stereocenters. The fourth-order valence-electron chi connectivity index (χ4n) is 2.67. The van der Waals surface area contributed by atoms with Gasteiger partial charge in [0, 0.05) is 22.6 Å². The molecule has 4 heteroatoms. The van der Waals surface area contributed by atoms with Crippen molar-refractivity contribution in [2.24, 2.45) is 0 Å². The van der Waals surface area contributed by atoms with Gasteiger partial charge in [0.25, 0.3) is 0 Å². The second kappa shape index (κ2) is 5.57. The predicted molar refractivity (Wildman–Crippen MR) is 79.8 cm³/mol. The highest BCUT2D eigenvalue weighted by atomic mass is 16.5. The van der Waals surface area contributed by atoms with E-state index >= 15 is 0 Å². The lowest BCUT2D eigenvalue weighted by Gasteiger charge is -2.12. The number of nitrogens with zero attached hydrogens (tertiary/aromatic N) is 1. The molecule has 1 aromatic carbocycles. The summed E-state index contributed by atoms with van der Waals surface area (Å²) in [7, 11) is 0. The summed E-state index contributed by atoms with van der Waals surface area (Å²) in [5, 5.41) is 10.2. The lowest BCUT2D eigenvalue weighted by atomic mass is 10.1. The first-order chi connectivity index (χ1) is 9.47. The number of hydrogen-bond donors (Lipinski definition) is 1. The maximum Gasteiger partial charge on any atom is 0.338 e. The highest BCUT2D eigenvalue weighted by molar-refractivity contribution is 6.05. The molecule has 0 aliphatic carbocycles. The Labute approximate surface area is 119 Å². The summed E-state index contributed by atoms with van der Waals surface area (Å²) in [6.07, 6.45) is 0.926. The third-order valence-corrected chi connectivity index (χ3v) is 3.42. The largest absolute Gasteiger partial charge is 0.494 e. The molecule has 0 aliphatic rings. The van der Waals surface area contributed by atoms with Crippen molar-refractivity contribution in [2.75, 3.05) is 6.61 Å². The van der Waals surface area contributed by atoms with Crippen LogP contribution in [0, 0.1) is 6.92 Å². The molecule has 0 amide bonds. The lowest BCUT2D eigenvalue weighted by molar-refractivity contribution is 0.0698. The first-order valence-electron chi connectivity index (χ1n) is 6.98. The maximum atomic E-state index is 11.5. The highest BCUT2D eigenvalue weighted by Gasteiger charge is 2.21. The summed E-state index contributed by atoms with van der Waals surface area (Å²) in [5.41, 5.74) is 2.10. The van der Waals surface area contributed by atoms with Crippen LogP contribution >= 0.6 is 0 Å². The van der Waals surface area contributed by atoms with Crippen LogP contribution in [0.2, 0.25) is 0 Å². The number of aromatic carboxylic acids is 1. The zero-order chi connectivity index (χ0) is 14.9. The molecule has 0 atom stereocenters. The summed E-state index contributed by atoms with van der Waals surface area (Å²) in [6.45, 7) is 8.65. The van der Waals surface area contributed by atoms with Gasteiger partial charge in [-0.05, 0) is 45.4 Å². The van der Waals surface area contributed by atoms with Gasteiger partial charge in [-0.25, -0.2) is 4.79 Å². The summed E-state index contributed by atoms with van der Waals surface area (Å²) in [4.78, 5) is 11.5. The third-order valence-electron chi connectivity index (χ3n) is 3.42. The number of benzene rings is 1. The Morgan fingerprint density at radius 3 is 2.65 bits per heavy atom. The molecule has 20 heavy (non-hydrogen) atoms. The summed E-state index contributed by atoms with van der Waals surface area (Å²) in [5.74, 6) is -0.165. The molecule has 108 valence electrons. The summed E-state index contributed by atoms with van der Waals surface area (Å²) >= 11 is 0. The first-order valence-corrected chi connectivity index (χ1v) is 6.98. The SMILES string of the molecule is CCCOc1ccc2c(c1)c(C(=O)O)c(C)n2C(C)C. The van der Waals surface area contributed by atoms with Crippen molar-refractivity contribution in [2.45, 2.75) is 40.2 Å². The van der Waals surface area contributed by atoms with Crippen LogP contribution in [0.15, 0.2) is 18.2 Å². The van der Waals surface area contributed by atoms with Gasteiger partial charge in [0.15, 0.2) is 0 Å². The molecule has 4 nitrogen and oxygen atoms in total. The van der Waals surface area contributed by atoms with Gasteiger partial charge in [0.2, 0.25) is 0 Å². The van der Waals surface area contributed by atoms with Crippen molar-refractivity contribution in [3.05, 3.63) is 29.5 Å². The van der Waals surface area contributed by atoms with E-state index in [1.807, 2.05) is 32.0 Å². The Bertz CT molecular complexity index is 641. The van der Waals surface area contributed by atoms with Gasteiger partial charge in [-0.1, -0.05) is 6.92 Å². The van der Waals surface area contributed by atoms with Gasteiger partial charge in [0.05, 0.1) is 12.2 Å². The predicted octanol–water partition coefficient (Wildman–Crippen LogP) is 4.02. The maximum absolute atomic E-state index is 11.5. The second-order valence-corrected chi connectivity index (χ2v) is 5.26. The van der Waals surface area contributed by atoms with Crippen LogP contribution in [-0.2, 0) is 0 Å². The topological polar surface area (TPSA) is 51.5 Å². The second-order valence-electron chi connectivity index (χ2n) is 5.26. The van der Waals surface area contributed by atoms with Crippen LogP contribution in [0.4, 0.5) is 0 Å². The van der Waals surface area contributed by atoms with Crippen molar-refractivity contribution in [1.82, 2.24) is 4.57 Å². The van der Waals surface area contributed by atoms with Crippen LogP contribution in [0.5, 0.6) is 5.75 Å². The van der Waals surface area contributed by atoms with E-state index in [0.717, 1.165) is 28.8 Å². The van der Waals surface area contributed by atoms with E-state index < -0.39 is 5.97 Å². The average molecular weight is 275 g/mol. The molecule has 1 heterocycles. The molecular weight excluding hydrogens is 254 g/mol. The Morgan fingerprint density at radius 1 is 1.40 bits per heavy atom. The molecular formula is C16H21NO3. The van der Waals surface area contributed by atoms with Crippen molar-refractivity contribution in [3.63, 3.8) is 0 Å². The molecule has 0 spiro atoms. The fourth-order valence-corrected chi connectivity index (χ4v) is 2.67.